The molecule has 0 saturated heterocycles. The van der Waals surface area contributed by atoms with Crippen molar-refractivity contribution < 1.29 is 9.90 Å². The Labute approximate surface area is 85.3 Å². The maximum absolute atomic E-state index is 10.7. The quantitative estimate of drug-likeness (QED) is 0.819. The zero-order valence-corrected chi connectivity index (χ0v) is 8.71. The minimum Gasteiger partial charge on any atom is -0.477 e. The molecular weight excluding hydrogens is 210 g/mol. The second-order valence-electron chi connectivity index (χ2n) is 2.52. The first-order valence-electron chi connectivity index (χ1n) is 3.91. The van der Waals surface area contributed by atoms with Gasteiger partial charge in [-0.3, -0.25) is 0 Å². The number of aromatic carboxylic acids is 1. The van der Waals surface area contributed by atoms with Crippen molar-refractivity contribution in [3.05, 3.63) is 15.3 Å². The Balaban J connectivity index is 2.88. The fourth-order valence-electron chi connectivity index (χ4n) is 0.909. The van der Waals surface area contributed by atoms with Crippen LogP contribution in [0.5, 0.6) is 0 Å². The van der Waals surface area contributed by atoms with Crippen molar-refractivity contribution in [2.75, 3.05) is 11.9 Å². The minimum atomic E-state index is -0.935. The third-order valence-corrected chi connectivity index (χ3v) is 2.89. The van der Waals surface area contributed by atoms with E-state index in [2.05, 4.69) is 5.32 Å². The first-order chi connectivity index (χ1) is 6.16. The summed E-state index contributed by atoms with van der Waals surface area (Å²) < 4.78 is 0. The van der Waals surface area contributed by atoms with E-state index in [1.165, 1.54) is 0 Å². The van der Waals surface area contributed by atoms with Crippen LogP contribution < -0.4 is 5.32 Å². The van der Waals surface area contributed by atoms with Crippen molar-refractivity contribution in [3.8, 4) is 0 Å². The van der Waals surface area contributed by atoms with Gasteiger partial charge in [-0.2, -0.15) is 0 Å². The fourth-order valence-corrected chi connectivity index (χ4v) is 2.00. The van der Waals surface area contributed by atoms with Gasteiger partial charge < -0.3 is 10.4 Å². The van der Waals surface area contributed by atoms with Crippen molar-refractivity contribution in [2.45, 2.75) is 13.3 Å². The Morgan fingerprint density at radius 2 is 2.46 bits per heavy atom. The van der Waals surface area contributed by atoms with E-state index in [0.29, 0.717) is 10.7 Å². The predicted octanol–water partition coefficient (Wildman–Crippen LogP) is 2.92. The third-order valence-electron chi connectivity index (χ3n) is 1.49. The Morgan fingerprint density at radius 1 is 1.77 bits per heavy atom. The molecule has 3 nitrogen and oxygen atoms in total. The van der Waals surface area contributed by atoms with Crippen LogP contribution in [0.4, 0.5) is 5.69 Å². The zero-order valence-electron chi connectivity index (χ0n) is 7.13. The Morgan fingerprint density at radius 3 is 3.00 bits per heavy atom. The van der Waals surface area contributed by atoms with Crippen LogP contribution in [0.2, 0.25) is 5.02 Å². The first-order valence-corrected chi connectivity index (χ1v) is 5.16. The zero-order chi connectivity index (χ0) is 9.84. The summed E-state index contributed by atoms with van der Waals surface area (Å²) in [4.78, 5) is 11.0. The van der Waals surface area contributed by atoms with Gasteiger partial charge in [-0.05, 0) is 6.42 Å². The van der Waals surface area contributed by atoms with E-state index in [1.807, 2.05) is 6.92 Å². The van der Waals surface area contributed by atoms with E-state index in [9.17, 15) is 4.79 Å². The van der Waals surface area contributed by atoms with Crippen molar-refractivity contribution in [1.82, 2.24) is 0 Å². The smallest absolute Gasteiger partial charge is 0.348 e. The molecule has 0 radical (unpaired) electrons. The topological polar surface area (TPSA) is 49.3 Å². The molecule has 1 heterocycles. The van der Waals surface area contributed by atoms with Crippen LogP contribution in [0.1, 0.15) is 23.0 Å². The lowest BCUT2D eigenvalue weighted by Gasteiger charge is -2.03. The van der Waals surface area contributed by atoms with Crippen LogP contribution in [-0.2, 0) is 0 Å². The molecule has 0 amide bonds. The molecule has 0 unspecified atom stereocenters. The average molecular weight is 220 g/mol. The van der Waals surface area contributed by atoms with E-state index in [-0.39, 0.29) is 4.88 Å². The number of anilines is 1. The number of nitrogens with one attached hydrogen (secondary N) is 1. The summed E-state index contributed by atoms with van der Waals surface area (Å²) in [7, 11) is 0. The highest BCUT2D eigenvalue weighted by Crippen LogP contribution is 2.32. The number of carboxylic acid groups (broad SMARTS) is 1. The molecule has 72 valence electrons. The van der Waals surface area contributed by atoms with Gasteiger partial charge in [0.2, 0.25) is 0 Å². The number of carbonyl (C=O) groups is 1. The largest absolute Gasteiger partial charge is 0.477 e. The Bertz CT molecular complexity index is 311. The molecule has 0 aliphatic carbocycles. The molecule has 0 saturated carbocycles. The number of hydrogen-bond donors (Lipinski definition) is 2. The summed E-state index contributed by atoms with van der Waals surface area (Å²) in [6.07, 6.45) is 0.936. The van der Waals surface area contributed by atoms with E-state index in [1.54, 1.807) is 5.38 Å². The Kier molecular flexibility index (Phi) is 3.57. The number of carboxylic acids is 1. The first kappa shape index (κ1) is 10.3. The van der Waals surface area contributed by atoms with E-state index in [0.717, 1.165) is 24.3 Å². The molecule has 0 aliphatic heterocycles. The summed E-state index contributed by atoms with van der Waals surface area (Å²) >= 11 is 6.95. The van der Waals surface area contributed by atoms with Crippen molar-refractivity contribution in [2.24, 2.45) is 0 Å². The van der Waals surface area contributed by atoms with Crippen LogP contribution in [0.25, 0.3) is 0 Å². The van der Waals surface area contributed by atoms with Gasteiger partial charge in [-0.1, -0.05) is 18.5 Å². The van der Waals surface area contributed by atoms with Crippen molar-refractivity contribution in [3.63, 3.8) is 0 Å². The molecule has 0 spiro atoms. The van der Waals surface area contributed by atoms with Crippen LogP contribution in [0.15, 0.2) is 5.38 Å². The van der Waals surface area contributed by atoms with Crippen molar-refractivity contribution in [1.29, 1.82) is 0 Å². The highest BCUT2D eigenvalue weighted by Gasteiger charge is 2.15. The molecule has 0 atom stereocenters. The van der Waals surface area contributed by atoms with Crippen LogP contribution in [0.3, 0.4) is 0 Å². The summed E-state index contributed by atoms with van der Waals surface area (Å²) in [5.74, 6) is -0.935. The molecule has 0 aliphatic rings. The molecular formula is C8H10ClNO2S. The molecule has 0 aromatic carbocycles. The second-order valence-corrected chi connectivity index (χ2v) is 3.81. The van der Waals surface area contributed by atoms with Crippen LogP contribution in [-0.4, -0.2) is 17.6 Å². The molecule has 1 aromatic heterocycles. The monoisotopic (exact) mass is 219 g/mol. The molecule has 13 heavy (non-hydrogen) atoms. The Hall–Kier alpha value is -0.740. The van der Waals surface area contributed by atoms with Gasteiger partial charge in [0.1, 0.15) is 4.88 Å². The number of hydrogen-bond acceptors (Lipinski definition) is 3. The summed E-state index contributed by atoms with van der Waals surface area (Å²) in [6.45, 7) is 2.74. The number of halogens is 1. The SMILES string of the molecule is CCCNc1c(Cl)csc1C(=O)O. The van der Waals surface area contributed by atoms with Gasteiger partial charge in [-0.25, -0.2) is 4.79 Å². The van der Waals surface area contributed by atoms with Crippen molar-refractivity contribution >= 4 is 34.6 Å². The molecule has 2 N–H and O–H groups in total. The van der Waals surface area contributed by atoms with E-state index < -0.39 is 5.97 Å². The third kappa shape index (κ3) is 2.35. The van der Waals surface area contributed by atoms with E-state index >= 15 is 0 Å². The predicted molar refractivity (Wildman–Crippen MR) is 55.1 cm³/mol. The summed E-state index contributed by atoms with van der Waals surface area (Å²) in [6, 6.07) is 0. The maximum atomic E-state index is 10.7. The fraction of sp³-hybridized carbons (Fsp3) is 0.375. The van der Waals surface area contributed by atoms with Gasteiger partial charge in [-0.15, -0.1) is 11.3 Å². The van der Waals surface area contributed by atoms with Gasteiger partial charge in [0, 0.05) is 11.9 Å². The molecule has 1 aromatic rings. The highest BCUT2D eigenvalue weighted by atomic mass is 35.5. The van der Waals surface area contributed by atoms with Crippen LogP contribution in [0, 0.1) is 0 Å². The van der Waals surface area contributed by atoms with E-state index in [4.69, 9.17) is 16.7 Å². The maximum Gasteiger partial charge on any atom is 0.348 e. The molecule has 5 heteroatoms. The normalized spacial score (nSPS) is 10.0. The lowest BCUT2D eigenvalue weighted by atomic mass is 10.3. The average Bonchev–Trinajstić information content (AvgIpc) is 2.43. The standard InChI is InChI=1S/C8H10ClNO2S/c1-2-3-10-6-5(9)4-13-7(6)8(11)12/h4,10H,2-3H2,1H3,(H,11,12). The minimum absolute atomic E-state index is 0.276. The van der Waals surface area contributed by atoms with Gasteiger partial charge >= 0.3 is 5.97 Å². The highest BCUT2D eigenvalue weighted by molar-refractivity contribution is 7.13. The lowest BCUT2D eigenvalue weighted by Crippen LogP contribution is -2.04. The van der Waals surface area contributed by atoms with Gasteiger partial charge in [0.05, 0.1) is 10.7 Å². The number of rotatable bonds is 4. The molecule has 0 fully saturated rings. The lowest BCUT2D eigenvalue weighted by molar-refractivity contribution is 0.0703. The summed E-state index contributed by atoms with van der Waals surface area (Å²) in [5, 5.41) is 13.9. The molecule has 0 bridgehead atoms. The second kappa shape index (κ2) is 4.48. The van der Waals surface area contributed by atoms with Gasteiger partial charge in [0.25, 0.3) is 0 Å². The molecule has 1 rings (SSSR count). The van der Waals surface area contributed by atoms with Gasteiger partial charge in [0.15, 0.2) is 0 Å². The van der Waals surface area contributed by atoms with Crippen LogP contribution >= 0.6 is 22.9 Å². The number of thiophene rings is 1. The summed E-state index contributed by atoms with van der Waals surface area (Å²) in [5.41, 5.74) is 0.543.